The monoisotopic (exact) mass is 358 g/mol. The third-order valence-corrected chi connectivity index (χ3v) is 5.44. The number of hydrogen-bond donors (Lipinski definition) is 2. The van der Waals surface area contributed by atoms with E-state index in [1.807, 2.05) is 0 Å². The van der Waals surface area contributed by atoms with Crippen LogP contribution in [0.25, 0.3) is 0 Å². The van der Waals surface area contributed by atoms with Crippen LogP contribution < -0.4 is 9.86 Å². The fourth-order valence-electron chi connectivity index (χ4n) is 1.90. The molecule has 3 N–H and O–H groups in total. The Kier molecular flexibility index (Phi) is 4.85. The standard InChI is InChI=1S/C14H15FN2O4S2/c1-10-7-11(5-6-14(10)15)9-17-23(20,21)13-4-2-3-12(8-13)22(16,18)19/h2-8,17H,9H2,1H3,(H2,16,18,19). The number of rotatable bonds is 5. The number of nitrogens with two attached hydrogens (primary N) is 1. The van der Waals surface area contributed by atoms with Crippen molar-refractivity contribution in [1.82, 2.24) is 4.72 Å². The Morgan fingerprint density at radius 2 is 1.70 bits per heavy atom. The Balaban J connectivity index is 2.24. The number of aryl methyl sites for hydroxylation is 1. The molecular formula is C14H15FN2O4S2. The zero-order valence-electron chi connectivity index (χ0n) is 12.2. The van der Waals surface area contributed by atoms with Crippen molar-refractivity contribution in [3.8, 4) is 0 Å². The van der Waals surface area contributed by atoms with E-state index in [2.05, 4.69) is 4.72 Å². The first-order valence-corrected chi connectivity index (χ1v) is 9.50. The van der Waals surface area contributed by atoms with Crippen molar-refractivity contribution in [1.29, 1.82) is 0 Å². The van der Waals surface area contributed by atoms with Gasteiger partial charge in [0.1, 0.15) is 5.82 Å². The topological polar surface area (TPSA) is 106 Å². The van der Waals surface area contributed by atoms with Crippen molar-refractivity contribution in [3.05, 3.63) is 59.4 Å². The van der Waals surface area contributed by atoms with Crippen molar-refractivity contribution in [2.24, 2.45) is 5.14 Å². The molecule has 6 nitrogen and oxygen atoms in total. The second-order valence-electron chi connectivity index (χ2n) is 4.93. The number of nitrogens with one attached hydrogen (secondary N) is 1. The SMILES string of the molecule is Cc1cc(CNS(=O)(=O)c2cccc(S(N)(=O)=O)c2)ccc1F. The molecule has 0 heterocycles. The average Bonchev–Trinajstić information content (AvgIpc) is 2.48. The van der Waals surface area contributed by atoms with E-state index >= 15 is 0 Å². The van der Waals surface area contributed by atoms with Crippen molar-refractivity contribution in [2.45, 2.75) is 23.3 Å². The van der Waals surface area contributed by atoms with E-state index in [0.717, 1.165) is 6.07 Å². The van der Waals surface area contributed by atoms with Crippen LogP contribution >= 0.6 is 0 Å². The first-order chi connectivity index (χ1) is 10.6. The Hall–Kier alpha value is -1.81. The smallest absolute Gasteiger partial charge is 0.225 e. The summed E-state index contributed by atoms with van der Waals surface area (Å²) in [5.74, 6) is -0.377. The maximum absolute atomic E-state index is 13.2. The van der Waals surface area contributed by atoms with Crippen molar-refractivity contribution < 1.29 is 21.2 Å². The van der Waals surface area contributed by atoms with Crippen LogP contribution in [-0.4, -0.2) is 16.8 Å². The van der Waals surface area contributed by atoms with Gasteiger partial charge in [-0.1, -0.05) is 18.2 Å². The lowest BCUT2D eigenvalue weighted by molar-refractivity contribution is 0.580. The molecule has 2 aromatic rings. The number of benzene rings is 2. The molecule has 9 heteroatoms. The second kappa shape index (κ2) is 6.36. The lowest BCUT2D eigenvalue weighted by Crippen LogP contribution is -2.24. The molecule has 0 aliphatic carbocycles. The third-order valence-electron chi connectivity index (χ3n) is 3.13. The van der Waals surface area contributed by atoms with Gasteiger partial charge in [0, 0.05) is 6.54 Å². The molecule has 0 radical (unpaired) electrons. The van der Waals surface area contributed by atoms with E-state index in [-0.39, 0.29) is 22.2 Å². The molecule has 0 saturated carbocycles. The molecule has 0 amide bonds. The minimum atomic E-state index is -4.00. The van der Waals surface area contributed by atoms with Crippen LogP contribution in [0.15, 0.2) is 52.3 Å². The summed E-state index contributed by atoms with van der Waals surface area (Å²) in [7, 11) is -7.92. The van der Waals surface area contributed by atoms with Crippen molar-refractivity contribution >= 4 is 20.0 Å². The maximum atomic E-state index is 13.2. The molecule has 0 unspecified atom stereocenters. The summed E-state index contributed by atoms with van der Waals surface area (Å²) in [5.41, 5.74) is 0.980. The summed E-state index contributed by atoms with van der Waals surface area (Å²) in [6.07, 6.45) is 0. The van der Waals surface area contributed by atoms with Crippen LogP contribution in [-0.2, 0) is 26.6 Å². The molecule has 0 aliphatic rings. The summed E-state index contributed by atoms with van der Waals surface area (Å²) in [6.45, 7) is 1.52. The fourth-order valence-corrected chi connectivity index (χ4v) is 3.59. The van der Waals surface area contributed by atoms with Gasteiger partial charge in [0.15, 0.2) is 0 Å². The maximum Gasteiger partial charge on any atom is 0.240 e. The van der Waals surface area contributed by atoms with E-state index in [1.54, 1.807) is 6.92 Å². The predicted molar refractivity (Wildman–Crippen MR) is 83.0 cm³/mol. The minimum Gasteiger partial charge on any atom is -0.225 e. The molecule has 124 valence electrons. The molecule has 0 aliphatic heterocycles. The summed E-state index contributed by atoms with van der Waals surface area (Å²) in [4.78, 5) is -0.513. The molecule has 2 rings (SSSR count). The van der Waals surface area contributed by atoms with Crippen molar-refractivity contribution in [2.75, 3.05) is 0 Å². The normalized spacial score (nSPS) is 12.3. The Morgan fingerprint density at radius 3 is 2.30 bits per heavy atom. The van der Waals surface area contributed by atoms with E-state index in [9.17, 15) is 21.2 Å². The lowest BCUT2D eigenvalue weighted by Gasteiger charge is -2.09. The van der Waals surface area contributed by atoms with E-state index in [4.69, 9.17) is 5.14 Å². The number of sulfonamides is 2. The molecule has 0 saturated heterocycles. The van der Waals surface area contributed by atoms with Crippen LogP contribution in [0.1, 0.15) is 11.1 Å². The molecule has 0 bridgehead atoms. The van der Waals surface area contributed by atoms with Gasteiger partial charge in [-0.15, -0.1) is 0 Å². The number of hydrogen-bond acceptors (Lipinski definition) is 4. The van der Waals surface area contributed by atoms with Crippen LogP contribution in [0.4, 0.5) is 4.39 Å². The number of primary sulfonamides is 1. The molecule has 0 aromatic heterocycles. The second-order valence-corrected chi connectivity index (χ2v) is 8.26. The molecule has 0 atom stereocenters. The Labute approximate surface area is 134 Å². The van der Waals surface area contributed by atoms with Gasteiger partial charge in [-0.25, -0.2) is 31.1 Å². The summed E-state index contributed by atoms with van der Waals surface area (Å²) in [6, 6.07) is 8.97. The van der Waals surface area contributed by atoms with Gasteiger partial charge in [0.25, 0.3) is 0 Å². The summed E-state index contributed by atoms with van der Waals surface area (Å²) >= 11 is 0. The highest BCUT2D eigenvalue weighted by Gasteiger charge is 2.17. The number of halogens is 1. The minimum absolute atomic E-state index is 0.0525. The predicted octanol–water partition coefficient (Wildman–Crippen LogP) is 1.26. The summed E-state index contributed by atoms with van der Waals surface area (Å²) < 4.78 is 62.5. The van der Waals surface area contributed by atoms with Crippen LogP contribution in [0.5, 0.6) is 0 Å². The largest absolute Gasteiger partial charge is 0.240 e. The van der Waals surface area contributed by atoms with Gasteiger partial charge in [-0.2, -0.15) is 0 Å². The zero-order valence-corrected chi connectivity index (χ0v) is 13.8. The van der Waals surface area contributed by atoms with E-state index < -0.39 is 20.0 Å². The van der Waals surface area contributed by atoms with Gasteiger partial charge < -0.3 is 0 Å². The molecular weight excluding hydrogens is 343 g/mol. The quantitative estimate of drug-likeness (QED) is 0.839. The Morgan fingerprint density at radius 1 is 1.04 bits per heavy atom. The molecule has 0 fully saturated rings. The highest BCUT2D eigenvalue weighted by Crippen LogP contribution is 2.15. The van der Waals surface area contributed by atoms with Crippen LogP contribution in [0.3, 0.4) is 0 Å². The van der Waals surface area contributed by atoms with Gasteiger partial charge in [0.2, 0.25) is 20.0 Å². The summed E-state index contributed by atoms with van der Waals surface area (Å²) in [5, 5.41) is 4.99. The lowest BCUT2D eigenvalue weighted by atomic mass is 10.1. The van der Waals surface area contributed by atoms with Gasteiger partial charge in [0.05, 0.1) is 9.79 Å². The van der Waals surface area contributed by atoms with Gasteiger partial charge in [-0.05, 0) is 42.3 Å². The first kappa shape index (κ1) is 17.5. The molecule has 2 aromatic carbocycles. The average molecular weight is 358 g/mol. The van der Waals surface area contributed by atoms with E-state index in [0.29, 0.717) is 11.1 Å². The molecule has 23 heavy (non-hydrogen) atoms. The van der Waals surface area contributed by atoms with Crippen molar-refractivity contribution in [3.63, 3.8) is 0 Å². The highest BCUT2D eigenvalue weighted by atomic mass is 32.2. The van der Waals surface area contributed by atoms with Crippen LogP contribution in [0, 0.1) is 12.7 Å². The zero-order chi connectivity index (χ0) is 17.3. The third kappa shape index (κ3) is 4.35. The van der Waals surface area contributed by atoms with E-state index in [1.165, 1.54) is 36.4 Å². The first-order valence-electron chi connectivity index (χ1n) is 6.47. The van der Waals surface area contributed by atoms with Crippen LogP contribution in [0.2, 0.25) is 0 Å². The van der Waals surface area contributed by atoms with Gasteiger partial charge in [-0.3, -0.25) is 0 Å². The highest BCUT2D eigenvalue weighted by molar-refractivity contribution is 7.90. The molecule has 0 spiro atoms. The van der Waals surface area contributed by atoms with Gasteiger partial charge >= 0.3 is 0 Å². The Bertz CT molecular complexity index is 941. The fraction of sp³-hybridized carbons (Fsp3) is 0.143.